The molecule has 0 bridgehead atoms. The van der Waals surface area contributed by atoms with E-state index in [4.69, 9.17) is 4.42 Å². The fourth-order valence-corrected chi connectivity index (χ4v) is 1.38. The molecule has 0 aliphatic rings. The maximum absolute atomic E-state index is 11.2. The van der Waals surface area contributed by atoms with Crippen molar-refractivity contribution in [2.75, 3.05) is 0 Å². The summed E-state index contributed by atoms with van der Waals surface area (Å²) >= 11 is 9.34. The fraction of sp³-hybridized carbons (Fsp3) is 0.167. The molecule has 0 radical (unpaired) electrons. The van der Waals surface area contributed by atoms with Gasteiger partial charge in [0.25, 0.3) is 0 Å². The Labute approximate surface area is 88.7 Å². The largest absolute Gasteiger partial charge is 0.460 e. The Morgan fingerprint density at radius 1 is 1.55 bits per heavy atom. The van der Waals surface area contributed by atoms with Gasteiger partial charge in [0.1, 0.15) is 3.74 Å². The highest BCUT2D eigenvalue weighted by Crippen LogP contribution is 2.23. The van der Waals surface area contributed by atoms with Gasteiger partial charge in [0, 0.05) is 0 Å². The Morgan fingerprint density at radius 2 is 2.18 bits per heavy atom. The molecule has 60 valence electrons. The van der Waals surface area contributed by atoms with Crippen LogP contribution in [0.1, 0.15) is 10.6 Å². The first-order valence-corrected chi connectivity index (χ1v) is 5.30. The third-order valence-corrected chi connectivity index (χ3v) is 2.50. The van der Waals surface area contributed by atoms with Gasteiger partial charge < -0.3 is 4.42 Å². The van der Waals surface area contributed by atoms with Crippen LogP contribution in [0.4, 0.5) is 0 Å². The van der Waals surface area contributed by atoms with Gasteiger partial charge in [-0.2, -0.15) is 0 Å². The summed E-state index contributed by atoms with van der Waals surface area (Å²) in [5.41, 5.74) is 0. The van der Waals surface area contributed by atoms with E-state index in [0.717, 1.165) is 0 Å². The van der Waals surface area contributed by atoms with Crippen LogP contribution in [0.25, 0.3) is 0 Å². The first-order chi connectivity index (χ1) is 5.13. The Bertz CT molecular complexity index is 267. The van der Waals surface area contributed by atoms with Crippen LogP contribution in [-0.4, -0.2) is 9.52 Å². The fourth-order valence-electron chi connectivity index (χ4n) is 0.569. The quantitative estimate of drug-likeness (QED) is 0.607. The van der Waals surface area contributed by atoms with Crippen LogP contribution in [-0.2, 0) is 0 Å². The molecule has 0 atom stereocenters. The van der Waals surface area contributed by atoms with E-state index in [0.29, 0.717) is 10.2 Å². The van der Waals surface area contributed by atoms with E-state index in [1.165, 1.54) is 6.26 Å². The second kappa shape index (κ2) is 3.87. The Kier molecular flexibility index (Phi) is 3.33. The summed E-state index contributed by atoms with van der Waals surface area (Å²) in [6.07, 6.45) is 1.46. The van der Waals surface area contributed by atoms with Gasteiger partial charge in [-0.15, -0.1) is 0 Å². The minimum atomic E-state index is -0.391. The smallest absolute Gasteiger partial charge is 0.223 e. The molecule has 1 aromatic rings. The number of hydrogen-bond acceptors (Lipinski definition) is 2. The summed E-state index contributed by atoms with van der Waals surface area (Å²) in [5, 5.41) is 0. The molecule has 0 amide bonds. The highest BCUT2D eigenvalue weighted by molar-refractivity contribution is 9.25. The lowest BCUT2D eigenvalue weighted by atomic mass is 10.3. The first kappa shape index (κ1) is 9.48. The van der Waals surface area contributed by atoms with E-state index in [-0.39, 0.29) is 5.78 Å². The van der Waals surface area contributed by atoms with Crippen LogP contribution >= 0.6 is 47.8 Å². The third kappa shape index (κ3) is 2.16. The molecule has 1 heterocycles. The van der Waals surface area contributed by atoms with E-state index < -0.39 is 3.74 Å². The van der Waals surface area contributed by atoms with Crippen LogP contribution in [0, 0.1) is 0 Å². The van der Waals surface area contributed by atoms with Crippen LogP contribution < -0.4 is 0 Å². The van der Waals surface area contributed by atoms with Gasteiger partial charge in [0.05, 0.1) is 10.7 Å². The number of Topliss-reactive ketones (excluding diaryl/α,β-unsaturated/α-hetero) is 1. The number of halogens is 3. The van der Waals surface area contributed by atoms with Crippen molar-refractivity contribution in [1.29, 1.82) is 0 Å². The summed E-state index contributed by atoms with van der Waals surface area (Å²) in [5.74, 6) is 0.186. The SMILES string of the molecule is O=C(c1occc1Br)C(Br)Br. The van der Waals surface area contributed by atoms with Gasteiger partial charge in [0.15, 0.2) is 5.76 Å². The van der Waals surface area contributed by atoms with Crippen LogP contribution in [0.5, 0.6) is 0 Å². The van der Waals surface area contributed by atoms with E-state index in [9.17, 15) is 4.79 Å². The van der Waals surface area contributed by atoms with Crippen molar-refractivity contribution in [3.8, 4) is 0 Å². The Balaban J connectivity index is 2.93. The average Bonchev–Trinajstić information content (AvgIpc) is 2.33. The van der Waals surface area contributed by atoms with Crippen molar-refractivity contribution in [3.63, 3.8) is 0 Å². The molecule has 0 saturated heterocycles. The van der Waals surface area contributed by atoms with Gasteiger partial charge in [-0.3, -0.25) is 4.79 Å². The van der Waals surface area contributed by atoms with Crippen molar-refractivity contribution in [2.45, 2.75) is 3.74 Å². The lowest BCUT2D eigenvalue weighted by Gasteiger charge is -1.96. The second-order valence-corrected chi connectivity index (χ2v) is 5.68. The molecular weight excluding hydrogens is 344 g/mol. The van der Waals surface area contributed by atoms with Gasteiger partial charge >= 0.3 is 0 Å². The van der Waals surface area contributed by atoms with E-state index in [2.05, 4.69) is 47.8 Å². The number of alkyl halides is 2. The average molecular weight is 347 g/mol. The van der Waals surface area contributed by atoms with E-state index in [1.807, 2.05) is 0 Å². The van der Waals surface area contributed by atoms with Crippen molar-refractivity contribution >= 4 is 53.6 Å². The minimum absolute atomic E-state index is 0.137. The number of rotatable bonds is 2. The summed E-state index contributed by atoms with van der Waals surface area (Å²) < 4.78 is 5.21. The summed E-state index contributed by atoms with van der Waals surface area (Å²) in [7, 11) is 0. The van der Waals surface area contributed by atoms with Crippen LogP contribution in [0.15, 0.2) is 21.2 Å². The molecule has 5 heteroatoms. The van der Waals surface area contributed by atoms with Crippen molar-refractivity contribution in [2.24, 2.45) is 0 Å². The molecule has 0 aliphatic heterocycles. The molecule has 2 nitrogen and oxygen atoms in total. The molecule has 0 spiro atoms. The predicted octanol–water partition coefficient (Wildman–Crippen LogP) is 3.34. The van der Waals surface area contributed by atoms with Crippen molar-refractivity contribution < 1.29 is 9.21 Å². The molecule has 1 rings (SSSR count). The van der Waals surface area contributed by atoms with Crippen molar-refractivity contribution in [3.05, 3.63) is 22.6 Å². The number of furan rings is 1. The monoisotopic (exact) mass is 344 g/mol. The summed E-state index contributed by atoms with van der Waals surface area (Å²) in [6.45, 7) is 0. The first-order valence-electron chi connectivity index (χ1n) is 2.68. The lowest BCUT2D eigenvalue weighted by molar-refractivity contribution is 0.0986. The molecule has 1 aromatic heterocycles. The second-order valence-electron chi connectivity index (χ2n) is 1.76. The van der Waals surface area contributed by atoms with Crippen LogP contribution in [0.3, 0.4) is 0 Å². The zero-order valence-corrected chi connectivity index (χ0v) is 9.94. The molecule has 0 unspecified atom stereocenters. The highest BCUT2D eigenvalue weighted by atomic mass is 79.9. The maximum atomic E-state index is 11.2. The number of carbonyl (C=O) groups is 1. The maximum Gasteiger partial charge on any atom is 0.223 e. The minimum Gasteiger partial charge on any atom is -0.460 e. The van der Waals surface area contributed by atoms with E-state index in [1.54, 1.807) is 6.07 Å². The molecule has 0 aromatic carbocycles. The van der Waals surface area contributed by atoms with Gasteiger partial charge in [-0.1, -0.05) is 31.9 Å². The zero-order valence-electron chi connectivity index (χ0n) is 5.18. The molecule has 0 aliphatic carbocycles. The summed E-state index contributed by atoms with van der Waals surface area (Å²) in [6, 6.07) is 1.68. The number of hydrogen-bond donors (Lipinski definition) is 0. The molecule has 11 heavy (non-hydrogen) atoms. The molecule has 0 saturated carbocycles. The lowest BCUT2D eigenvalue weighted by Crippen LogP contribution is -2.05. The Morgan fingerprint density at radius 3 is 2.55 bits per heavy atom. The summed E-state index contributed by atoms with van der Waals surface area (Å²) in [4.78, 5) is 11.2. The number of carbonyl (C=O) groups excluding carboxylic acids is 1. The zero-order chi connectivity index (χ0) is 8.43. The third-order valence-electron chi connectivity index (χ3n) is 1.04. The van der Waals surface area contributed by atoms with Gasteiger partial charge in [0.2, 0.25) is 5.78 Å². The highest BCUT2D eigenvalue weighted by Gasteiger charge is 2.19. The number of ketones is 1. The van der Waals surface area contributed by atoms with Gasteiger partial charge in [-0.25, -0.2) is 0 Å². The van der Waals surface area contributed by atoms with E-state index >= 15 is 0 Å². The normalized spacial score (nSPS) is 10.5. The van der Waals surface area contributed by atoms with Crippen molar-refractivity contribution in [1.82, 2.24) is 0 Å². The Hall–Kier alpha value is 0.390. The molecule has 0 fully saturated rings. The van der Waals surface area contributed by atoms with Crippen LogP contribution in [0.2, 0.25) is 0 Å². The molecular formula is C6H3Br3O2. The molecule has 0 N–H and O–H groups in total. The van der Waals surface area contributed by atoms with Gasteiger partial charge in [-0.05, 0) is 22.0 Å². The topological polar surface area (TPSA) is 30.2 Å². The predicted molar refractivity (Wildman–Crippen MR) is 52.4 cm³/mol. The standard InChI is InChI=1S/C6H3Br3O2/c7-3-1-2-11-5(3)4(10)6(8)9/h1-2,6H.